The van der Waals surface area contributed by atoms with E-state index in [9.17, 15) is 8.42 Å². The van der Waals surface area contributed by atoms with Crippen LogP contribution in [0, 0.1) is 18.3 Å². The van der Waals surface area contributed by atoms with Crippen molar-refractivity contribution in [3.63, 3.8) is 0 Å². The molecule has 2 aromatic rings. The molecule has 0 aliphatic carbocycles. The van der Waals surface area contributed by atoms with E-state index in [0.29, 0.717) is 24.2 Å². The van der Waals surface area contributed by atoms with Crippen molar-refractivity contribution in [1.82, 2.24) is 9.29 Å². The highest BCUT2D eigenvalue weighted by Crippen LogP contribution is 2.31. The number of pyridine rings is 1. The highest BCUT2D eigenvalue weighted by Gasteiger charge is 2.32. The van der Waals surface area contributed by atoms with Crippen LogP contribution in [0.25, 0.3) is 0 Å². The minimum Gasteiger partial charge on any atom is -0.264 e. The van der Waals surface area contributed by atoms with Gasteiger partial charge in [-0.1, -0.05) is 12.1 Å². The van der Waals surface area contributed by atoms with Crippen molar-refractivity contribution in [3.8, 4) is 6.07 Å². The lowest BCUT2D eigenvalue weighted by molar-refractivity contribution is 0.472. The Balaban J connectivity index is 1.72. The summed E-state index contributed by atoms with van der Waals surface area (Å²) in [6.45, 7) is 3.08. The van der Waals surface area contributed by atoms with Gasteiger partial charge in [0.05, 0.1) is 17.4 Å². The topological polar surface area (TPSA) is 74.1 Å². The monoisotopic (exact) mass is 341 g/mol. The predicted molar refractivity (Wildman–Crippen MR) is 91.7 cm³/mol. The lowest BCUT2D eigenvalue weighted by Crippen LogP contribution is -2.29. The van der Waals surface area contributed by atoms with E-state index in [1.807, 2.05) is 25.3 Å². The second-order valence-corrected chi connectivity index (χ2v) is 8.11. The zero-order valence-corrected chi connectivity index (χ0v) is 14.3. The van der Waals surface area contributed by atoms with Gasteiger partial charge in [0, 0.05) is 31.4 Å². The van der Waals surface area contributed by atoms with E-state index in [4.69, 9.17) is 5.26 Å². The molecule has 24 heavy (non-hydrogen) atoms. The maximum absolute atomic E-state index is 12.7. The summed E-state index contributed by atoms with van der Waals surface area (Å²) < 4.78 is 26.9. The Morgan fingerprint density at radius 2 is 2.04 bits per heavy atom. The van der Waals surface area contributed by atoms with Crippen LogP contribution < -0.4 is 0 Å². The molecule has 1 saturated heterocycles. The second kappa shape index (κ2) is 6.71. The van der Waals surface area contributed by atoms with Crippen molar-refractivity contribution >= 4 is 10.0 Å². The summed E-state index contributed by atoms with van der Waals surface area (Å²) >= 11 is 0. The molecule has 0 saturated carbocycles. The van der Waals surface area contributed by atoms with E-state index < -0.39 is 10.0 Å². The maximum Gasteiger partial charge on any atom is 0.218 e. The molecule has 1 atom stereocenters. The van der Waals surface area contributed by atoms with Crippen molar-refractivity contribution in [2.24, 2.45) is 0 Å². The summed E-state index contributed by atoms with van der Waals surface area (Å²) in [6, 6.07) is 10.7. The van der Waals surface area contributed by atoms with Crippen molar-refractivity contribution in [2.45, 2.75) is 25.0 Å². The van der Waals surface area contributed by atoms with Gasteiger partial charge in [-0.05, 0) is 48.2 Å². The van der Waals surface area contributed by atoms with E-state index in [-0.39, 0.29) is 11.7 Å². The van der Waals surface area contributed by atoms with Gasteiger partial charge in [0.15, 0.2) is 0 Å². The predicted octanol–water partition coefficient (Wildman–Crippen LogP) is 2.58. The van der Waals surface area contributed by atoms with E-state index in [1.54, 1.807) is 34.8 Å². The summed E-state index contributed by atoms with van der Waals surface area (Å²) in [7, 11) is -3.36. The SMILES string of the molecule is Cc1ccncc1[C@H]1CCN(S(=O)(=O)Cc2ccc(C#N)cc2)C1. The largest absolute Gasteiger partial charge is 0.264 e. The average Bonchev–Trinajstić information content (AvgIpc) is 3.06. The molecule has 0 bridgehead atoms. The Morgan fingerprint density at radius 3 is 2.71 bits per heavy atom. The molecular weight excluding hydrogens is 322 g/mol. The Hall–Kier alpha value is -2.23. The lowest BCUT2D eigenvalue weighted by atomic mass is 9.96. The number of aromatic nitrogens is 1. The molecule has 1 aromatic heterocycles. The molecule has 1 fully saturated rings. The van der Waals surface area contributed by atoms with E-state index in [1.165, 1.54) is 0 Å². The van der Waals surface area contributed by atoms with Gasteiger partial charge in [-0.3, -0.25) is 4.98 Å². The van der Waals surface area contributed by atoms with Crippen LogP contribution in [-0.2, 0) is 15.8 Å². The van der Waals surface area contributed by atoms with Gasteiger partial charge >= 0.3 is 0 Å². The minimum absolute atomic E-state index is 0.0303. The standard InChI is InChI=1S/C18H19N3O2S/c1-14-6-8-20-11-18(14)17-7-9-21(12-17)24(22,23)13-16-4-2-15(10-19)3-5-16/h2-6,8,11,17H,7,9,12-13H2,1H3/t17-/m0/s1. The fourth-order valence-electron chi connectivity index (χ4n) is 3.12. The van der Waals surface area contributed by atoms with Crippen molar-refractivity contribution in [2.75, 3.05) is 13.1 Å². The van der Waals surface area contributed by atoms with Gasteiger partial charge in [0.2, 0.25) is 10.0 Å². The van der Waals surface area contributed by atoms with Gasteiger partial charge in [0.25, 0.3) is 0 Å². The van der Waals surface area contributed by atoms with Crippen LogP contribution in [0.4, 0.5) is 0 Å². The lowest BCUT2D eigenvalue weighted by Gasteiger charge is -2.17. The summed E-state index contributed by atoms with van der Waals surface area (Å²) in [5, 5.41) is 8.81. The number of nitriles is 1. The number of hydrogen-bond acceptors (Lipinski definition) is 4. The van der Waals surface area contributed by atoms with Crippen LogP contribution in [0.15, 0.2) is 42.7 Å². The zero-order chi connectivity index (χ0) is 17.2. The van der Waals surface area contributed by atoms with Gasteiger partial charge < -0.3 is 0 Å². The quantitative estimate of drug-likeness (QED) is 0.857. The molecule has 5 nitrogen and oxygen atoms in total. The molecule has 0 N–H and O–H groups in total. The zero-order valence-electron chi connectivity index (χ0n) is 13.5. The first-order chi connectivity index (χ1) is 11.5. The van der Waals surface area contributed by atoms with Crippen LogP contribution in [-0.4, -0.2) is 30.8 Å². The number of rotatable bonds is 4. The van der Waals surface area contributed by atoms with Crippen LogP contribution in [0.5, 0.6) is 0 Å². The Morgan fingerprint density at radius 1 is 1.29 bits per heavy atom. The summed E-state index contributed by atoms with van der Waals surface area (Å²) in [6.07, 6.45) is 4.42. The third kappa shape index (κ3) is 3.48. The molecule has 0 radical (unpaired) electrons. The molecule has 0 amide bonds. The van der Waals surface area contributed by atoms with Gasteiger partial charge in [-0.15, -0.1) is 0 Å². The second-order valence-electron chi connectivity index (χ2n) is 6.14. The first-order valence-corrected chi connectivity index (χ1v) is 9.48. The van der Waals surface area contributed by atoms with Crippen LogP contribution in [0.3, 0.4) is 0 Å². The minimum atomic E-state index is -3.36. The Labute approximate surface area is 142 Å². The molecule has 1 aromatic carbocycles. The normalized spacial score (nSPS) is 18.4. The van der Waals surface area contributed by atoms with Gasteiger partial charge in [0.1, 0.15) is 0 Å². The van der Waals surface area contributed by atoms with Crippen LogP contribution in [0.1, 0.15) is 34.6 Å². The fourth-order valence-corrected chi connectivity index (χ4v) is 4.70. The van der Waals surface area contributed by atoms with Gasteiger partial charge in [-0.2, -0.15) is 5.26 Å². The van der Waals surface area contributed by atoms with Crippen molar-refractivity contribution < 1.29 is 8.42 Å². The highest BCUT2D eigenvalue weighted by atomic mass is 32.2. The molecule has 124 valence electrons. The average molecular weight is 341 g/mol. The summed E-state index contributed by atoms with van der Waals surface area (Å²) in [5.74, 6) is 0.173. The summed E-state index contributed by atoms with van der Waals surface area (Å²) in [5.41, 5.74) is 3.52. The van der Waals surface area contributed by atoms with Crippen molar-refractivity contribution in [3.05, 3.63) is 65.0 Å². The Bertz CT molecular complexity index is 870. The van der Waals surface area contributed by atoms with E-state index in [2.05, 4.69) is 4.98 Å². The molecule has 1 aliphatic rings. The smallest absolute Gasteiger partial charge is 0.218 e. The molecule has 0 spiro atoms. The molecule has 3 rings (SSSR count). The van der Waals surface area contributed by atoms with Crippen LogP contribution >= 0.6 is 0 Å². The molecule has 1 aliphatic heterocycles. The summed E-state index contributed by atoms with van der Waals surface area (Å²) in [4.78, 5) is 4.17. The van der Waals surface area contributed by atoms with E-state index >= 15 is 0 Å². The van der Waals surface area contributed by atoms with Crippen LogP contribution in [0.2, 0.25) is 0 Å². The van der Waals surface area contributed by atoms with Gasteiger partial charge in [-0.25, -0.2) is 12.7 Å². The number of benzene rings is 1. The fraction of sp³-hybridized carbons (Fsp3) is 0.333. The number of sulfonamides is 1. The first kappa shape index (κ1) is 16.6. The Kier molecular flexibility index (Phi) is 4.65. The van der Waals surface area contributed by atoms with E-state index in [0.717, 1.165) is 17.5 Å². The third-order valence-electron chi connectivity index (χ3n) is 4.50. The maximum atomic E-state index is 12.7. The third-order valence-corrected chi connectivity index (χ3v) is 6.31. The number of hydrogen-bond donors (Lipinski definition) is 0. The first-order valence-electron chi connectivity index (χ1n) is 7.87. The van der Waals surface area contributed by atoms with Crippen molar-refractivity contribution in [1.29, 1.82) is 5.26 Å². The molecular formula is C18H19N3O2S. The molecule has 6 heteroatoms. The molecule has 2 heterocycles. The number of aryl methyl sites for hydroxylation is 1. The molecule has 0 unspecified atom stereocenters. The highest BCUT2D eigenvalue weighted by molar-refractivity contribution is 7.88. The number of nitrogens with zero attached hydrogens (tertiary/aromatic N) is 3.